The molecule has 8 nitrogen and oxygen atoms in total. The maximum Gasteiger partial charge on any atom is 0.292 e. The number of halogens is 1. The van der Waals surface area contributed by atoms with Crippen LogP contribution in [0.25, 0.3) is 20.4 Å². The lowest BCUT2D eigenvalue weighted by Crippen LogP contribution is -2.44. The number of aryl methyl sites for hydroxylation is 2. The summed E-state index contributed by atoms with van der Waals surface area (Å²) in [6, 6.07) is 17.7. The molecular formula is C25H17ClN6O2S. The zero-order chi connectivity index (χ0) is 24.3. The van der Waals surface area contributed by atoms with Crippen molar-refractivity contribution in [2.45, 2.75) is 13.8 Å². The van der Waals surface area contributed by atoms with E-state index >= 15 is 0 Å². The Bertz CT molecular complexity index is 1760. The van der Waals surface area contributed by atoms with Crippen LogP contribution in [0.2, 0.25) is 5.02 Å². The van der Waals surface area contributed by atoms with Crippen LogP contribution in [0.4, 0.5) is 11.6 Å². The molecule has 0 amide bonds. The molecule has 0 spiro atoms. The van der Waals surface area contributed by atoms with Gasteiger partial charge in [0.1, 0.15) is 15.0 Å². The highest BCUT2D eigenvalue weighted by Gasteiger charge is 2.29. The number of amidine groups is 1. The molecule has 0 unspecified atom stereocenters. The fourth-order valence-corrected chi connectivity index (χ4v) is 5.49. The Morgan fingerprint density at radius 3 is 2.60 bits per heavy atom. The third kappa shape index (κ3) is 3.48. The summed E-state index contributed by atoms with van der Waals surface area (Å²) in [6.45, 7) is 3.89. The first-order valence-corrected chi connectivity index (χ1v) is 11.9. The lowest BCUT2D eigenvalue weighted by atomic mass is 10.1. The second kappa shape index (κ2) is 8.00. The van der Waals surface area contributed by atoms with E-state index in [1.807, 2.05) is 26.0 Å². The monoisotopic (exact) mass is 500 g/mol. The second-order valence-corrected chi connectivity index (χ2v) is 9.58. The molecule has 5 aromatic rings. The highest BCUT2D eigenvalue weighted by molar-refractivity contribution is 7.25. The molecule has 0 fully saturated rings. The Morgan fingerprint density at radius 2 is 1.83 bits per heavy atom. The number of rotatable bonds is 3. The summed E-state index contributed by atoms with van der Waals surface area (Å²) in [6.07, 6.45) is 0. The zero-order valence-electron chi connectivity index (χ0n) is 18.6. The number of hydrogen-bond acceptors (Lipinski definition) is 8. The van der Waals surface area contributed by atoms with E-state index in [4.69, 9.17) is 16.6 Å². The van der Waals surface area contributed by atoms with Gasteiger partial charge in [0.05, 0.1) is 5.69 Å². The lowest BCUT2D eigenvalue weighted by Gasteiger charge is -2.28. The minimum absolute atomic E-state index is 0.0156. The van der Waals surface area contributed by atoms with Gasteiger partial charge in [0.25, 0.3) is 11.5 Å². The van der Waals surface area contributed by atoms with Gasteiger partial charge in [0.2, 0.25) is 11.6 Å². The minimum Gasteiger partial charge on any atom is -0.285 e. The predicted octanol–water partition coefficient (Wildman–Crippen LogP) is 5.17. The quantitative estimate of drug-likeness (QED) is 0.344. The molecule has 0 bridgehead atoms. The SMILES string of the molecule is Cc1cc(C)c2c(n1)sc1c(=O)n3c(nc12)N(c1cccc(Cl)c1)N=C(C(=O)c1ccccc1)N3. The highest BCUT2D eigenvalue weighted by atomic mass is 35.5. The molecule has 172 valence electrons. The molecule has 0 atom stereocenters. The van der Waals surface area contributed by atoms with Crippen LogP contribution >= 0.6 is 22.9 Å². The third-order valence-electron chi connectivity index (χ3n) is 5.68. The molecule has 0 saturated heterocycles. The van der Waals surface area contributed by atoms with Crippen molar-refractivity contribution in [1.29, 1.82) is 0 Å². The van der Waals surface area contributed by atoms with Crippen LogP contribution in [-0.2, 0) is 0 Å². The molecule has 2 aromatic carbocycles. The fraction of sp³-hybridized carbons (Fsp3) is 0.0800. The van der Waals surface area contributed by atoms with Gasteiger partial charge in [-0.05, 0) is 43.7 Å². The van der Waals surface area contributed by atoms with Gasteiger partial charge < -0.3 is 0 Å². The zero-order valence-corrected chi connectivity index (χ0v) is 20.2. The van der Waals surface area contributed by atoms with Crippen LogP contribution in [0.3, 0.4) is 0 Å². The number of carbonyl (C=O) groups excluding carboxylic acids is 1. The average molecular weight is 501 g/mol. The van der Waals surface area contributed by atoms with Crippen molar-refractivity contribution in [2.75, 3.05) is 10.4 Å². The van der Waals surface area contributed by atoms with Crippen molar-refractivity contribution >= 4 is 66.6 Å². The summed E-state index contributed by atoms with van der Waals surface area (Å²) in [5.74, 6) is -0.160. The number of nitrogens with one attached hydrogen (secondary N) is 1. The van der Waals surface area contributed by atoms with E-state index < -0.39 is 0 Å². The van der Waals surface area contributed by atoms with Crippen LogP contribution in [-0.4, -0.2) is 26.3 Å². The molecule has 3 aromatic heterocycles. The summed E-state index contributed by atoms with van der Waals surface area (Å²) < 4.78 is 1.70. The van der Waals surface area contributed by atoms with Crippen molar-refractivity contribution < 1.29 is 4.79 Å². The molecule has 1 aliphatic heterocycles. The number of anilines is 2. The van der Waals surface area contributed by atoms with E-state index in [0.29, 0.717) is 26.5 Å². The molecular weight excluding hydrogens is 484 g/mol. The average Bonchev–Trinajstić information content (AvgIpc) is 3.22. The van der Waals surface area contributed by atoms with E-state index in [1.165, 1.54) is 21.0 Å². The third-order valence-corrected chi connectivity index (χ3v) is 6.98. The Balaban J connectivity index is 1.63. The van der Waals surface area contributed by atoms with E-state index in [0.717, 1.165) is 21.5 Å². The van der Waals surface area contributed by atoms with Crippen molar-refractivity contribution in [1.82, 2.24) is 14.6 Å². The number of ketones is 1. The van der Waals surface area contributed by atoms with E-state index in [-0.39, 0.29) is 23.1 Å². The number of nitrogens with zero attached hydrogens (tertiary/aromatic N) is 5. The van der Waals surface area contributed by atoms with Crippen molar-refractivity contribution in [2.24, 2.45) is 5.10 Å². The molecule has 4 heterocycles. The number of benzene rings is 2. The summed E-state index contributed by atoms with van der Waals surface area (Å²) in [5.41, 5.74) is 5.94. The van der Waals surface area contributed by atoms with Crippen LogP contribution in [0.15, 0.2) is 70.6 Å². The van der Waals surface area contributed by atoms with Gasteiger partial charge in [0.15, 0.2) is 0 Å². The first kappa shape index (κ1) is 21.5. The molecule has 0 aliphatic carbocycles. The van der Waals surface area contributed by atoms with Gasteiger partial charge in [-0.25, -0.2) is 9.97 Å². The first-order valence-electron chi connectivity index (χ1n) is 10.8. The molecule has 1 N–H and O–H groups in total. The maximum atomic E-state index is 13.7. The van der Waals surface area contributed by atoms with E-state index in [2.05, 4.69) is 15.5 Å². The molecule has 35 heavy (non-hydrogen) atoms. The summed E-state index contributed by atoms with van der Waals surface area (Å²) in [5, 5.41) is 7.33. The molecule has 10 heteroatoms. The van der Waals surface area contributed by atoms with E-state index in [1.54, 1.807) is 48.5 Å². The Kier molecular flexibility index (Phi) is 4.91. The summed E-state index contributed by atoms with van der Waals surface area (Å²) in [4.78, 5) is 37.2. The number of Topliss-reactive ketones (excluding diaryl/α,β-unsaturated/α-hetero) is 1. The fourth-order valence-electron chi connectivity index (χ4n) is 4.14. The number of aromatic nitrogens is 3. The van der Waals surface area contributed by atoms with E-state index in [9.17, 15) is 9.59 Å². The molecule has 6 rings (SSSR count). The number of fused-ring (bicyclic) bond motifs is 4. The van der Waals surface area contributed by atoms with Gasteiger partial charge in [-0.2, -0.15) is 9.69 Å². The van der Waals surface area contributed by atoms with Gasteiger partial charge in [-0.1, -0.05) is 48.0 Å². The maximum absolute atomic E-state index is 13.7. The largest absolute Gasteiger partial charge is 0.292 e. The van der Waals surface area contributed by atoms with Crippen LogP contribution < -0.4 is 16.0 Å². The van der Waals surface area contributed by atoms with Crippen LogP contribution in [0.5, 0.6) is 0 Å². The summed E-state index contributed by atoms with van der Waals surface area (Å²) >= 11 is 7.54. The minimum atomic E-state index is -0.361. The normalized spacial score (nSPS) is 13.0. The molecule has 0 saturated carbocycles. The second-order valence-electron chi connectivity index (χ2n) is 8.14. The lowest BCUT2D eigenvalue weighted by molar-refractivity contribution is 0.106. The van der Waals surface area contributed by atoms with Gasteiger partial charge >= 0.3 is 0 Å². The van der Waals surface area contributed by atoms with Gasteiger partial charge in [-0.3, -0.25) is 15.0 Å². The standard InChI is InChI=1S/C25H17ClN6O2S/c1-13-11-14(2)27-23-18(13)19-21(35-23)24(34)32-25(28-19)31(17-10-6-9-16(26)12-17)29-22(30-32)20(33)15-7-4-3-5-8-15/h3-12H,1-2H3,(H,29,30). The van der Waals surface area contributed by atoms with Crippen LogP contribution in [0, 0.1) is 13.8 Å². The van der Waals surface area contributed by atoms with Gasteiger partial charge in [-0.15, -0.1) is 16.4 Å². The van der Waals surface area contributed by atoms with Crippen LogP contribution in [0.1, 0.15) is 21.6 Å². The number of hydrazone groups is 1. The number of thiophene rings is 1. The Morgan fingerprint density at radius 1 is 1.03 bits per heavy atom. The number of carbonyl (C=O) groups is 1. The highest BCUT2D eigenvalue weighted by Crippen LogP contribution is 2.35. The first-order chi connectivity index (χ1) is 16.9. The van der Waals surface area contributed by atoms with Crippen molar-refractivity contribution in [3.63, 3.8) is 0 Å². The Hall–Kier alpha value is -4.08. The van der Waals surface area contributed by atoms with Crippen molar-refractivity contribution in [3.8, 4) is 0 Å². The molecule has 1 aliphatic rings. The molecule has 0 radical (unpaired) electrons. The smallest absolute Gasteiger partial charge is 0.285 e. The topological polar surface area (TPSA) is 92.5 Å². The summed E-state index contributed by atoms with van der Waals surface area (Å²) in [7, 11) is 0. The Labute approximate surface area is 208 Å². The van der Waals surface area contributed by atoms with Crippen molar-refractivity contribution in [3.05, 3.63) is 92.9 Å². The predicted molar refractivity (Wildman–Crippen MR) is 140 cm³/mol. The number of hydrogen-bond donors (Lipinski definition) is 1. The number of pyridine rings is 1. The van der Waals surface area contributed by atoms with Gasteiger partial charge in [0, 0.05) is 21.7 Å².